The van der Waals surface area contributed by atoms with Crippen LogP contribution in [0.3, 0.4) is 0 Å². The molecule has 0 fully saturated rings. The SMILES string of the molecule is O=C(Nc1ccccc1Br)c1ccnc(Nc2ccccc2)n1. The van der Waals surface area contributed by atoms with Crippen LogP contribution in [-0.4, -0.2) is 15.9 Å². The topological polar surface area (TPSA) is 66.9 Å². The minimum absolute atomic E-state index is 0.286. The summed E-state index contributed by atoms with van der Waals surface area (Å²) in [6.07, 6.45) is 1.55. The van der Waals surface area contributed by atoms with Crippen molar-refractivity contribution >= 4 is 39.2 Å². The average Bonchev–Trinajstić information content (AvgIpc) is 2.58. The molecule has 0 spiro atoms. The van der Waals surface area contributed by atoms with E-state index in [1.807, 2.05) is 54.6 Å². The lowest BCUT2D eigenvalue weighted by atomic mass is 10.3. The molecule has 23 heavy (non-hydrogen) atoms. The van der Waals surface area contributed by atoms with Crippen LogP contribution in [0.1, 0.15) is 10.5 Å². The maximum atomic E-state index is 12.3. The van der Waals surface area contributed by atoms with E-state index in [-0.39, 0.29) is 11.6 Å². The summed E-state index contributed by atoms with van der Waals surface area (Å²) >= 11 is 3.40. The molecule has 0 bridgehead atoms. The zero-order valence-corrected chi connectivity index (χ0v) is 13.6. The predicted octanol–water partition coefficient (Wildman–Crippen LogP) is 4.24. The molecule has 0 aliphatic rings. The molecule has 5 nitrogen and oxygen atoms in total. The molecule has 0 radical (unpaired) electrons. The Hall–Kier alpha value is -2.73. The van der Waals surface area contributed by atoms with Gasteiger partial charge in [0, 0.05) is 16.4 Å². The second kappa shape index (κ2) is 7.02. The van der Waals surface area contributed by atoms with E-state index in [4.69, 9.17) is 0 Å². The fourth-order valence-corrected chi connectivity index (χ4v) is 2.33. The average molecular weight is 369 g/mol. The van der Waals surface area contributed by atoms with Crippen LogP contribution in [0.5, 0.6) is 0 Å². The van der Waals surface area contributed by atoms with Gasteiger partial charge in [0.15, 0.2) is 0 Å². The minimum Gasteiger partial charge on any atom is -0.324 e. The third-order valence-corrected chi connectivity index (χ3v) is 3.73. The van der Waals surface area contributed by atoms with Crippen molar-refractivity contribution in [3.8, 4) is 0 Å². The number of anilines is 3. The fraction of sp³-hybridized carbons (Fsp3) is 0. The number of nitrogens with zero attached hydrogens (tertiary/aromatic N) is 2. The number of para-hydroxylation sites is 2. The van der Waals surface area contributed by atoms with Crippen LogP contribution in [0.25, 0.3) is 0 Å². The van der Waals surface area contributed by atoms with Crippen molar-refractivity contribution < 1.29 is 4.79 Å². The highest BCUT2D eigenvalue weighted by Crippen LogP contribution is 2.21. The van der Waals surface area contributed by atoms with Gasteiger partial charge < -0.3 is 10.6 Å². The Labute approximate surface area is 141 Å². The number of nitrogens with one attached hydrogen (secondary N) is 2. The highest BCUT2D eigenvalue weighted by atomic mass is 79.9. The van der Waals surface area contributed by atoms with Crippen LogP contribution in [0.15, 0.2) is 71.3 Å². The molecule has 114 valence electrons. The lowest BCUT2D eigenvalue weighted by Crippen LogP contribution is -2.15. The van der Waals surface area contributed by atoms with Gasteiger partial charge in [-0.2, -0.15) is 0 Å². The van der Waals surface area contributed by atoms with Gasteiger partial charge in [-0.1, -0.05) is 30.3 Å². The molecule has 0 saturated carbocycles. The molecule has 0 atom stereocenters. The van der Waals surface area contributed by atoms with Crippen LogP contribution < -0.4 is 10.6 Å². The van der Waals surface area contributed by atoms with Crippen LogP contribution in [0.4, 0.5) is 17.3 Å². The molecule has 0 unspecified atom stereocenters. The Kier molecular flexibility index (Phi) is 4.63. The largest absolute Gasteiger partial charge is 0.324 e. The molecule has 3 aromatic rings. The van der Waals surface area contributed by atoms with Gasteiger partial charge in [-0.15, -0.1) is 0 Å². The molecular weight excluding hydrogens is 356 g/mol. The molecule has 1 aromatic heterocycles. The van der Waals surface area contributed by atoms with E-state index in [2.05, 4.69) is 36.5 Å². The first-order chi connectivity index (χ1) is 11.2. The molecule has 0 aliphatic carbocycles. The maximum absolute atomic E-state index is 12.3. The van der Waals surface area contributed by atoms with Gasteiger partial charge in [-0.3, -0.25) is 4.79 Å². The Morgan fingerprint density at radius 2 is 1.70 bits per heavy atom. The number of carbonyl (C=O) groups is 1. The molecule has 2 aromatic carbocycles. The van der Waals surface area contributed by atoms with Gasteiger partial charge in [-0.25, -0.2) is 9.97 Å². The number of aromatic nitrogens is 2. The Balaban J connectivity index is 1.77. The molecule has 6 heteroatoms. The van der Waals surface area contributed by atoms with E-state index >= 15 is 0 Å². The van der Waals surface area contributed by atoms with Crippen molar-refractivity contribution in [2.45, 2.75) is 0 Å². The summed E-state index contributed by atoms with van der Waals surface area (Å²) in [6.45, 7) is 0. The number of amides is 1. The number of hydrogen-bond acceptors (Lipinski definition) is 4. The normalized spacial score (nSPS) is 10.1. The van der Waals surface area contributed by atoms with Crippen LogP contribution in [0.2, 0.25) is 0 Å². The Bertz CT molecular complexity index is 824. The first kappa shape index (κ1) is 15.2. The standard InChI is InChI=1S/C17H13BrN4O/c18-13-8-4-5-9-14(13)21-16(23)15-10-11-19-17(22-15)20-12-6-2-1-3-7-12/h1-11H,(H,21,23)(H,19,20,22). The lowest BCUT2D eigenvalue weighted by Gasteiger charge is -2.08. The zero-order valence-electron chi connectivity index (χ0n) is 12.0. The molecule has 1 heterocycles. The lowest BCUT2D eigenvalue weighted by molar-refractivity contribution is 0.102. The summed E-state index contributed by atoms with van der Waals surface area (Å²) in [5.74, 6) is 0.0754. The smallest absolute Gasteiger partial charge is 0.274 e. The first-order valence-electron chi connectivity index (χ1n) is 6.93. The van der Waals surface area contributed by atoms with E-state index in [1.165, 1.54) is 0 Å². The second-order valence-corrected chi connectivity index (χ2v) is 5.54. The van der Waals surface area contributed by atoms with E-state index < -0.39 is 0 Å². The number of halogens is 1. The number of rotatable bonds is 4. The third-order valence-electron chi connectivity index (χ3n) is 3.04. The quantitative estimate of drug-likeness (QED) is 0.722. The fourth-order valence-electron chi connectivity index (χ4n) is 1.94. The first-order valence-corrected chi connectivity index (χ1v) is 7.73. The van der Waals surface area contributed by atoms with E-state index in [0.29, 0.717) is 11.6 Å². The Morgan fingerprint density at radius 3 is 2.48 bits per heavy atom. The molecule has 3 rings (SSSR count). The van der Waals surface area contributed by atoms with E-state index in [9.17, 15) is 4.79 Å². The van der Waals surface area contributed by atoms with E-state index in [0.717, 1.165) is 10.2 Å². The van der Waals surface area contributed by atoms with Gasteiger partial charge in [0.2, 0.25) is 5.95 Å². The number of hydrogen-bond donors (Lipinski definition) is 2. The third kappa shape index (κ3) is 3.92. The minimum atomic E-state index is -0.296. The number of carbonyl (C=O) groups excluding carboxylic acids is 1. The Morgan fingerprint density at radius 1 is 0.957 bits per heavy atom. The summed E-state index contributed by atoms with van der Waals surface area (Å²) in [6, 6.07) is 18.5. The van der Waals surface area contributed by atoms with Gasteiger partial charge in [0.1, 0.15) is 5.69 Å². The predicted molar refractivity (Wildman–Crippen MR) is 93.9 cm³/mol. The van der Waals surface area contributed by atoms with Crippen molar-refractivity contribution in [3.05, 3.63) is 77.0 Å². The van der Waals surface area contributed by atoms with Gasteiger partial charge in [0.25, 0.3) is 5.91 Å². The maximum Gasteiger partial charge on any atom is 0.274 e. The molecular formula is C17H13BrN4O. The second-order valence-electron chi connectivity index (χ2n) is 4.69. The summed E-state index contributed by atoms with van der Waals surface area (Å²) in [5.41, 5.74) is 1.83. The van der Waals surface area contributed by atoms with Crippen LogP contribution in [0, 0.1) is 0 Å². The monoisotopic (exact) mass is 368 g/mol. The highest BCUT2D eigenvalue weighted by molar-refractivity contribution is 9.10. The van der Waals surface area contributed by atoms with Crippen LogP contribution >= 0.6 is 15.9 Å². The van der Waals surface area contributed by atoms with Crippen molar-refractivity contribution in [1.82, 2.24) is 9.97 Å². The van der Waals surface area contributed by atoms with Crippen molar-refractivity contribution in [2.75, 3.05) is 10.6 Å². The molecule has 1 amide bonds. The summed E-state index contributed by atoms with van der Waals surface area (Å²) < 4.78 is 0.810. The summed E-state index contributed by atoms with van der Waals surface area (Å²) in [5, 5.41) is 5.88. The van der Waals surface area contributed by atoms with Gasteiger partial charge >= 0.3 is 0 Å². The van der Waals surface area contributed by atoms with E-state index in [1.54, 1.807) is 12.3 Å². The van der Waals surface area contributed by atoms with Crippen molar-refractivity contribution in [2.24, 2.45) is 0 Å². The van der Waals surface area contributed by atoms with Crippen molar-refractivity contribution in [1.29, 1.82) is 0 Å². The number of benzene rings is 2. The molecule has 0 saturated heterocycles. The highest BCUT2D eigenvalue weighted by Gasteiger charge is 2.10. The summed E-state index contributed by atoms with van der Waals surface area (Å²) in [4.78, 5) is 20.7. The van der Waals surface area contributed by atoms with Crippen molar-refractivity contribution in [3.63, 3.8) is 0 Å². The van der Waals surface area contributed by atoms with Gasteiger partial charge in [-0.05, 0) is 46.3 Å². The van der Waals surface area contributed by atoms with Crippen LogP contribution in [-0.2, 0) is 0 Å². The molecule has 0 aliphatic heterocycles. The zero-order chi connectivity index (χ0) is 16.1. The van der Waals surface area contributed by atoms with Gasteiger partial charge in [0.05, 0.1) is 5.69 Å². The molecule has 2 N–H and O–H groups in total. The summed E-state index contributed by atoms with van der Waals surface area (Å²) in [7, 11) is 0.